The molecule has 3 aromatic carbocycles. The number of phenolic OH excluding ortho intramolecular Hbond substituents is 1. The number of carbonyl (C=O) groups excluding carboxylic acids is 1. The van der Waals surface area contributed by atoms with E-state index in [2.05, 4.69) is 213 Å². The van der Waals surface area contributed by atoms with Crippen molar-refractivity contribution in [3.63, 3.8) is 0 Å². The van der Waals surface area contributed by atoms with E-state index >= 15 is 0 Å². The third-order valence-electron chi connectivity index (χ3n) is 16.2. The number of nitrogens with zero attached hydrogens (tertiary/aromatic N) is 5. The van der Waals surface area contributed by atoms with E-state index in [-0.39, 0.29) is 27.9 Å². The number of hydrogen-bond donors (Lipinski definition) is 3. The van der Waals surface area contributed by atoms with Crippen molar-refractivity contribution in [2.24, 2.45) is 32.8 Å². The van der Waals surface area contributed by atoms with E-state index in [1.807, 2.05) is 43.0 Å². The molecule has 1 atom stereocenters. The number of amides is 1. The second-order valence-corrected chi connectivity index (χ2v) is 34.7. The number of likely N-dealkylation sites (tertiary alicyclic amines) is 1. The molecule has 0 spiro atoms. The van der Waals surface area contributed by atoms with E-state index in [0.29, 0.717) is 28.1 Å². The summed E-state index contributed by atoms with van der Waals surface area (Å²) in [5.74, 6) is 1.34. The van der Waals surface area contributed by atoms with Crippen LogP contribution in [0.5, 0.6) is 5.75 Å². The highest BCUT2D eigenvalue weighted by Gasteiger charge is 2.28. The minimum atomic E-state index is -0.531. The number of nitrogens with one attached hydrogen (secondary N) is 1. The molecule has 4 aliphatic heterocycles. The van der Waals surface area contributed by atoms with Gasteiger partial charge >= 0.3 is 0 Å². The summed E-state index contributed by atoms with van der Waals surface area (Å²) < 4.78 is 15.9. The van der Waals surface area contributed by atoms with Crippen LogP contribution in [0, 0.1) is 40.9 Å². The Bertz CT molecular complexity index is 2620. The molecule has 9 rings (SSSR count). The first-order valence-electron chi connectivity index (χ1n) is 35.1. The molecule has 4 fully saturated rings. The van der Waals surface area contributed by atoms with Crippen LogP contribution in [0.25, 0.3) is 11.0 Å². The van der Waals surface area contributed by atoms with Gasteiger partial charge in [-0.25, -0.2) is 0 Å². The molecule has 0 aliphatic carbocycles. The molecule has 4 saturated heterocycles. The number of carbonyl (C=O) groups is 1. The lowest BCUT2D eigenvalue weighted by Gasteiger charge is -2.38. The molecule has 92 heavy (non-hydrogen) atoms. The molecule has 12 heteroatoms. The molecule has 522 valence electrons. The minimum absolute atomic E-state index is 0.0299. The van der Waals surface area contributed by atoms with E-state index in [4.69, 9.17) is 19.3 Å². The zero-order valence-electron chi connectivity index (χ0n) is 63.1. The van der Waals surface area contributed by atoms with Crippen molar-refractivity contribution < 1.29 is 23.5 Å². The van der Waals surface area contributed by atoms with Crippen LogP contribution in [-0.2, 0) is 33.2 Å². The number of benzene rings is 3. The lowest BCUT2D eigenvalue weighted by Crippen LogP contribution is -2.54. The van der Waals surface area contributed by atoms with Crippen LogP contribution in [0.2, 0.25) is 0 Å². The van der Waals surface area contributed by atoms with E-state index in [1.54, 1.807) is 24.7 Å². The Kier molecular flexibility index (Phi) is 34.0. The molecule has 0 saturated carbocycles. The van der Waals surface area contributed by atoms with Gasteiger partial charge in [0.1, 0.15) is 17.1 Å². The van der Waals surface area contributed by atoms with Crippen LogP contribution in [0.15, 0.2) is 100 Å². The van der Waals surface area contributed by atoms with Gasteiger partial charge in [-0.3, -0.25) is 14.6 Å². The molecule has 5 aromatic rings. The van der Waals surface area contributed by atoms with Gasteiger partial charge < -0.3 is 44.4 Å². The van der Waals surface area contributed by atoms with Crippen LogP contribution in [0.3, 0.4) is 0 Å². The zero-order chi connectivity index (χ0) is 69.1. The SMILES string of the molecule is CC(C)(C)CCc1ccccc1.CC(C)(C)CN1CCCCC1.CC(C)(C)CN1CCNCC1.CC(C)(C)CN1CCOCC1.CC(C)(C)c1cc2ccccc2o1.CC(C)(C)c1ccoc1.Cc1cc(O)cc(C)c1C[C@H](N)C(=O)N1CCN(CC(C)(C)C)CC1. The molecule has 2 aromatic heterocycles. The van der Waals surface area contributed by atoms with Crippen molar-refractivity contribution >= 4 is 16.9 Å². The van der Waals surface area contributed by atoms with Crippen molar-refractivity contribution in [1.82, 2.24) is 29.8 Å². The van der Waals surface area contributed by atoms with Gasteiger partial charge in [0.25, 0.3) is 0 Å². The lowest BCUT2D eigenvalue weighted by molar-refractivity contribution is -0.134. The van der Waals surface area contributed by atoms with E-state index < -0.39 is 6.04 Å². The zero-order valence-corrected chi connectivity index (χ0v) is 63.1. The molecule has 4 aliphatic rings. The number of nitrogens with two attached hydrogens (primary N) is 1. The Morgan fingerprint density at radius 1 is 0.543 bits per heavy atom. The fraction of sp³-hybridized carbons (Fsp3) is 0.688. The fourth-order valence-corrected chi connectivity index (χ4v) is 11.6. The Morgan fingerprint density at radius 3 is 1.45 bits per heavy atom. The summed E-state index contributed by atoms with van der Waals surface area (Å²) >= 11 is 0. The normalized spacial score (nSPS) is 17.1. The summed E-state index contributed by atoms with van der Waals surface area (Å²) in [6.07, 6.45) is 10.7. The number of aryl methyl sites for hydroxylation is 3. The smallest absolute Gasteiger partial charge is 0.239 e. The van der Waals surface area contributed by atoms with Crippen molar-refractivity contribution in [2.45, 2.75) is 215 Å². The maximum Gasteiger partial charge on any atom is 0.239 e. The monoisotopic (exact) mass is 1280 g/mol. The van der Waals surface area contributed by atoms with Crippen LogP contribution in [-0.4, -0.2) is 159 Å². The first-order valence-corrected chi connectivity index (χ1v) is 35.1. The number of hydrogen-bond acceptors (Lipinski definition) is 11. The van der Waals surface area contributed by atoms with Gasteiger partial charge in [0.2, 0.25) is 5.91 Å². The Labute approximate surface area is 563 Å². The van der Waals surface area contributed by atoms with Gasteiger partial charge in [0.15, 0.2) is 0 Å². The number of para-hydroxylation sites is 1. The molecule has 6 heterocycles. The molecular formula is C80H137N7O5. The Hall–Kier alpha value is -4.53. The molecule has 0 unspecified atom stereocenters. The first kappa shape index (κ1) is 81.7. The number of ether oxygens (including phenoxy) is 1. The molecular weight excluding hydrogens is 1140 g/mol. The summed E-state index contributed by atoms with van der Waals surface area (Å²) in [6.45, 7) is 70.7. The number of aromatic hydroxyl groups is 1. The van der Waals surface area contributed by atoms with Crippen LogP contribution >= 0.6 is 0 Å². The third-order valence-corrected chi connectivity index (χ3v) is 16.2. The summed E-state index contributed by atoms with van der Waals surface area (Å²) in [5, 5.41) is 14.2. The number of furan rings is 2. The summed E-state index contributed by atoms with van der Waals surface area (Å²) in [5.41, 5.74) is 15.4. The van der Waals surface area contributed by atoms with Crippen molar-refractivity contribution in [3.8, 4) is 5.75 Å². The second-order valence-electron chi connectivity index (χ2n) is 34.7. The topological polar surface area (TPSA) is 127 Å². The lowest BCUT2D eigenvalue weighted by atomic mass is 9.89. The van der Waals surface area contributed by atoms with E-state index in [9.17, 15) is 9.90 Å². The number of rotatable bonds is 9. The van der Waals surface area contributed by atoms with Crippen molar-refractivity contribution in [2.75, 3.05) is 118 Å². The Balaban J connectivity index is 0.000000289. The summed E-state index contributed by atoms with van der Waals surface area (Å²) in [4.78, 5) is 24.6. The minimum Gasteiger partial charge on any atom is -0.508 e. The van der Waals surface area contributed by atoms with Gasteiger partial charge in [-0.2, -0.15) is 0 Å². The van der Waals surface area contributed by atoms with Crippen LogP contribution in [0.4, 0.5) is 0 Å². The molecule has 12 nitrogen and oxygen atoms in total. The highest BCUT2D eigenvalue weighted by atomic mass is 16.5. The van der Waals surface area contributed by atoms with Crippen LogP contribution < -0.4 is 11.1 Å². The second kappa shape index (κ2) is 38.3. The van der Waals surface area contributed by atoms with Gasteiger partial charge in [-0.1, -0.05) is 200 Å². The third kappa shape index (κ3) is 36.4. The standard InChI is InChI=1S/C20H33N3O2.C12H14O.C12H18.C10H21N.C9H20N2.C9H19NO.C8H12O/c1-14-10-16(24)11-15(2)17(14)12-18(21)19(25)23-8-6-22(7-9-23)13-20(3,4)5;1-12(2,3)11-8-9-6-4-5-7-10(9)13-11;1-12(2,3)10-9-11-7-5-4-6-8-11;1-10(2,3)9-11-7-5-4-6-8-11;1-9(2,3)8-11-6-4-10-5-7-11;1-9(2,3)8-10-4-6-11-7-5-10;1-8(2,3)7-4-5-9-6-7/h10-11,18,24H,6-9,12-13,21H2,1-5H3;4-8H,1-3H3;4-8H,9-10H2,1-3H3;4-9H2,1-3H3;10H,4-8H2,1-3H3;4-8H2,1-3H3;4-6H,1-3H3/t18-;;;;;;/m0....../s1. The predicted octanol–water partition coefficient (Wildman–Crippen LogP) is 16.9. The highest BCUT2D eigenvalue weighted by Crippen LogP contribution is 2.30. The number of morpholine rings is 1. The first-order chi connectivity index (χ1) is 42.6. The Morgan fingerprint density at radius 2 is 1.01 bits per heavy atom. The van der Waals surface area contributed by atoms with Crippen molar-refractivity contribution in [1.29, 1.82) is 0 Å². The predicted molar refractivity (Wildman–Crippen MR) is 393 cm³/mol. The average molecular weight is 1280 g/mol. The van der Waals surface area contributed by atoms with Crippen molar-refractivity contribution in [3.05, 3.63) is 125 Å². The van der Waals surface area contributed by atoms with E-state index in [1.165, 1.54) is 94.4 Å². The number of piperazine rings is 2. The average Bonchev–Trinajstić information content (AvgIpc) is 1.58. The molecule has 0 radical (unpaired) electrons. The number of phenols is 1. The van der Waals surface area contributed by atoms with E-state index in [0.717, 1.165) is 100 Å². The maximum atomic E-state index is 12.7. The molecule has 1 amide bonds. The largest absolute Gasteiger partial charge is 0.508 e. The van der Waals surface area contributed by atoms with Crippen LogP contribution in [0.1, 0.15) is 205 Å². The molecule has 0 bridgehead atoms. The summed E-state index contributed by atoms with van der Waals surface area (Å²) in [6, 6.07) is 25.8. The quantitative estimate of drug-likeness (QED) is 0.131. The summed E-state index contributed by atoms with van der Waals surface area (Å²) in [7, 11) is 0. The highest BCUT2D eigenvalue weighted by molar-refractivity contribution is 5.82. The number of piperidine rings is 1. The van der Waals surface area contributed by atoms with Gasteiger partial charge in [0.05, 0.1) is 31.8 Å². The fourth-order valence-electron chi connectivity index (χ4n) is 11.6. The van der Waals surface area contributed by atoms with Gasteiger partial charge in [-0.05, 0) is 150 Å². The number of fused-ring (bicyclic) bond motifs is 1. The van der Waals surface area contributed by atoms with Gasteiger partial charge in [0, 0.05) is 102 Å². The van der Waals surface area contributed by atoms with Gasteiger partial charge in [-0.15, -0.1) is 0 Å². The molecule has 4 N–H and O–H groups in total. The maximum absolute atomic E-state index is 12.7.